The van der Waals surface area contributed by atoms with Crippen molar-refractivity contribution in [3.63, 3.8) is 0 Å². The zero-order chi connectivity index (χ0) is 29.5. The van der Waals surface area contributed by atoms with Crippen molar-refractivity contribution in [3.05, 3.63) is 92.6 Å². The van der Waals surface area contributed by atoms with Gasteiger partial charge in [0.15, 0.2) is 5.78 Å². The van der Waals surface area contributed by atoms with E-state index >= 15 is 0 Å². The van der Waals surface area contributed by atoms with Gasteiger partial charge in [-0.1, -0.05) is 12.1 Å². The Morgan fingerprint density at radius 2 is 1.88 bits per heavy atom. The number of esters is 2. The molecule has 1 fully saturated rings. The standard InChI is InChI=1S/C30H34N4O7/c1-19-26(29(36)40-3)28(21-8-4-10-23(16-21)34(38)39)27(20(2)32-19)30(37)41-24-11-6-14-33(18-24)15-7-12-25(35)22-9-5-13-31-17-22/h4-5,8-10,13,16-17,24,28,32H,6-7,11-12,14-15,18H2,1-3H3/t24-,28+/m1/s1. The van der Waals surface area contributed by atoms with Gasteiger partial charge in [0, 0.05) is 54.4 Å². The van der Waals surface area contributed by atoms with E-state index in [1.54, 1.807) is 44.4 Å². The summed E-state index contributed by atoms with van der Waals surface area (Å²) in [4.78, 5) is 56.1. The van der Waals surface area contributed by atoms with Crippen LogP contribution in [-0.4, -0.2) is 65.4 Å². The van der Waals surface area contributed by atoms with Crippen LogP contribution >= 0.6 is 0 Å². The van der Waals surface area contributed by atoms with E-state index < -0.39 is 22.8 Å². The van der Waals surface area contributed by atoms with Crippen LogP contribution in [0, 0.1) is 10.1 Å². The van der Waals surface area contributed by atoms with Crippen molar-refractivity contribution < 1.29 is 28.8 Å². The molecule has 2 aliphatic heterocycles. The zero-order valence-electron chi connectivity index (χ0n) is 23.4. The van der Waals surface area contributed by atoms with Crippen LogP contribution in [0.5, 0.6) is 0 Å². The number of benzene rings is 1. The number of hydrogen-bond donors (Lipinski definition) is 1. The highest BCUT2D eigenvalue weighted by Crippen LogP contribution is 2.40. The Balaban J connectivity index is 1.48. The van der Waals surface area contributed by atoms with Gasteiger partial charge >= 0.3 is 11.9 Å². The lowest BCUT2D eigenvalue weighted by Gasteiger charge is -2.34. The summed E-state index contributed by atoms with van der Waals surface area (Å²) < 4.78 is 11.0. The molecule has 0 saturated carbocycles. The summed E-state index contributed by atoms with van der Waals surface area (Å²) >= 11 is 0. The second kappa shape index (κ2) is 13.3. The fraction of sp³-hybridized carbons (Fsp3) is 0.400. The first-order valence-electron chi connectivity index (χ1n) is 13.6. The molecule has 0 amide bonds. The average Bonchev–Trinajstić information content (AvgIpc) is 2.97. The van der Waals surface area contributed by atoms with Crippen molar-refractivity contribution in [1.82, 2.24) is 15.2 Å². The minimum Gasteiger partial charge on any atom is -0.466 e. The number of nitro groups is 1. The highest BCUT2D eigenvalue weighted by molar-refractivity contribution is 6.00. The zero-order valence-corrected chi connectivity index (χ0v) is 23.4. The third kappa shape index (κ3) is 7.04. The van der Waals surface area contributed by atoms with E-state index in [1.165, 1.54) is 25.3 Å². The predicted molar refractivity (Wildman–Crippen MR) is 150 cm³/mol. The number of hydrogen-bond acceptors (Lipinski definition) is 10. The number of dihydropyridines is 1. The molecular formula is C30H34N4O7. The molecule has 11 heteroatoms. The first-order chi connectivity index (χ1) is 19.7. The number of nitrogens with zero attached hydrogens (tertiary/aromatic N) is 3. The van der Waals surface area contributed by atoms with Gasteiger partial charge in [-0.05, 0) is 63.9 Å². The van der Waals surface area contributed by atoms with Gasteiger partial charge in [-0.3, -0.25) is 24.8 Å². The van der Waals surface area contributed by atoms with Gasteiger partial charge in [0.05, 0.1) is 29.1 Å². The molecule has 1 saturated heterocycles. The van der Waals surface area contributed by atoms with E-state index in [0.29, 0.717) is 54.9 Å². The summed E-state index contributed by atoms with van der Waals surface area (Å²) in [5.41, 5.74) is 2.24. The van der Waals surface area contributed by atoms with Gasteiger partial charge in [0.25, 0.3) is 5.69 Å². The third-order valence-electron chi connectivity index (χ3n) is 7.40. The monoisotopic (exact) mass is 562 g/mol. The van der Waals surface area contributed by atoms with Gasteiger partial charge in [-0.2, -0.15) is 0 Å². The van der Waals surface area contributed by atoms with Crippen LogP contribution in [0.4, 0.5) is 5.69 Å². The molecule has 1 N–H and O–H groups in total. The number of nitrogens with one attached hydrogen (secondary N) is 1. The number of likely N-dealkylation sites (tertiary alicyclic amines) is 1. The van der Waals surface area contributed by atoms with Crippen molar-refractivity contribution in [2.75, 3.05) is 26.7 Å². The number of ether oxygens (including phenoxy) is 2. The topological polar surface area (TPSA) is 141 Å². The summed E-state index contributed by atoms with van der Waals surface area (Å²) in [7, 11) is 1.25. The van der Waals surface area contributed by atoms with E-state index in [-0.39, 0.29) is 28.7 Å². The van der Waals surface area contributed by atoms with E-state index in [1.807, 2.05) is 0 Å². The van der Waals surface area contributed by atoms with Gasteiger partial charge in [0.1, 0.15) is 6.10 Å². The number of methoxy groups -OCH3 is 1. The molecule has 0 radical (unpaired) electrons. The van der Waals surface area contributed by atoms with Crippen molar-refractivity contribution in [1.29, 1.82) is 0 Å². The first-order valence-corrected chi connectivity index (χ1v) is 13.6. The third-order valence-corrected chi connectivity index (χ3v) is 7.40. The summed E-state index contributed by atoms with van der Waals surface area (Å²) in [6.07, 6.45) is 5.39. The largest absolute Gasteiger partial charge is 0.466 e. The van der Waals surface area contributed by atoms with Crippen LogP contribution < -0.4 is 5.32 Å². The van der Waals surface area contributed by atoms with Crippen LogP contribution in [0.25, 0.3) is 0 Å². The Labute approximate surface area is 238 Å². The van der Waals surface area contributed by atoms with Gasteiger partial charge < -0.3 is 14.8 Å². The van der Waals surface area contributed by atoms with Gasteiger partial charge in [0.2, 0.25) is 0 Å². The molecule has 1 aromatic carbocycles. The number of piperidine rings is 1. The Morgan fingerprint density at radius 3 is 2.56 bits per heavy atom. The number of nitro benzene ring substituents is 1. The predicted octanol–water partition coefficient (Wildman–Crippen LogP) is 4.07. The number of rotatable bonds is 10. The molecule has 0 aliphatic carbocycles. The number of carbonyl (C=O) groups is 3. The second-order valence-corrected chi connectivity index (χ2v) is 10.2. The quantitative estimate of drug-likeness (QED) is 0.195. The van der Waals surface area contributed by atoms with Crippen LogP contribution in [0.15, 0.2) is 71.3 Å². The van der Waals surface area contributed by atoms with Crippen molar-refractivity contribution in [2.45, 2.75) is 51.6 Å². The maximum atomic E-state index is 13.7. The summed E-state index contributed by atoms with van der Waals surface area (Å²) in [5.74, 6) is -2.11. The molecule has 3 heterocycles. The molecule has 41 heavy (non-hydrogen) atoms. The molecule has 0 unspecified atom stereocenters. The summed E-state index contributed by atoms with van der Waals surface area (Å²) in [5, 5.41) is 14.6. The molecule has 1 aromatic heterocycles. The number of aromatic nitrogens is 1. The maximum absolute atomic E-state index is 13.7. The number of ketones is 1. The molecule has 0 bridgehead atoms. The molecule has 216 valence electrons. The fourth-order valence-electron chi connectivity index (χ4n) is 5.46. The van der Waals surface area contributed by atoms with Crippen LogP contribution in [0.3, 0.4) is 0 Å². The Kier molecular flexibility index (Phi) is 9.61. The SMILES string of the molecule is COC(=O)C1=C(C)NC(C)=C(C(=O)O[C@@H]2CCCN(CCCC(=O)c3cccnc3)C2)[C@H]1c1cccc([N+](=O)[O-])c1. The smallest absolute Gasteiger partial charge is 0.337 e. The minimum absolute atomic E-state index is 0.0437. The molecule has 0 spiro atoms. The lowest BCUT2D eigenvalue weighted by molar-refractivity contribution is -0.384. The Morgan fingerprint density at radius 1 is 1.12 bits per heavy atom. The number of pyridine rings is 1. The van der Waals surface area contributed by atoms with Crippen LogP contribution in [-0.2, 0) is 19.1 Å². The molecular weight excluding hydrogens is 528 g/mol. The highest BCUT2D eigenvalue weighted by Gasteiger charge is 2.39. The highest BCUT2D eigenvalue weighted by atomic mass is 16.6. The Bertz CT molecular complexity index is 1390. The number of Topliss-reactive ketones (excluding diaryl/α,β-unsaturated/α-hetero) is 1. The first kappa shape index (κ1) is 29.6. The molecule has 2 aromatic rings. The summed E-state index contributed by atoms with van der Waals surface area (Å²) in [6.45, 7) is 5.45. The maximum Gasteiger partial charge on any atom is 0.337 e. The second-order valence-electron chi connectivity index (χ2n) is 10.2. The molecule has 2 aliphatic rings. The lowest BCUT2D eigenvalue weighted by Crippen LogP contribution is -2.42. The van der Waals surface area contributed by atoms with Crippen molar-refractivity contribution in [2.24, 2.45) is 0 Å². The molecule has 4 rings (SSSR count). The minimum atomic E-state index is -0.908. The lowest BCUT2D eigenvalue weighted by atomic mass is 9.80. The number of non-ortho nitro benzene ring substituents is 1. The number of allylic oxidation sites excluding steroid dienone is 2. The van der Waals surface area contributed by atoms with Gasteiger partial charge in [-0.25, -0.2) is 9.59 Å². The van der Waals surface area contributed by atoms with Crippen molar-refractivity contribution >= 4 is 23.4 Å². The fourth-order valence-corrected chi connectivity index (χ4v) is 5.46. The molecule has 2 atom stereocenters. The van der Waals surface area contributed by atoms with E-state index in [9.17, 15) is 24.5 Å². The summed E-state index contributed by atoms with van der Waals surface area (Å²) in [6, 6.07) is 9.39. The van der Waals surface area contributed by atoms with E-state index in [0.717, 1.165) is 13.0 Å². The molecule has 11 nitrogen and oxygen atoms in total. The van der Waals surface area contributed by atoms with Crippen LogP contribution in [0.1, 0.15) is 61.4 Å². The van der Waals surface area contributed by atoms with Gasteiger partial charge in [-0.15, -0.1) is 0 Å². The van der Waals surface area contributed by atoms with Crippen LogP contribution in [0.2, 0.25) is 0 Å². The van der Waals surface area contributed by atoms with E-state index in [4.69, 9.17) is 9.47 Å². The van der Waals surface area contributed by atoms with Crippen molar-refractivity contribution in [3.8, 4) is 0 Å². The average molecular weight is 563 g/mol. The number of carbonyl (C=O) groups excluding carboxylic acids is 3. The normalized spacial score (nSPS) is 19.4. The Hall–Kier alpha value is -4.38. The van der Waals surface area contributed by atoms with E-state index in [2.05, 4.69) is 15.2 Å².